The van der Waals surface area contributed by atoms with E-state index in [4.69, 9.17) is 9.47 Å². The third kappa shape index (κ3) is 4.95. The quantitative estimate of drug-likeness (QED) is 0.729. The normalized spacial score (nSPS) is 13.3. The van der Waals surface area contributed by atoms with Crippen LogP contribution in [-0.2, 0) is 14.8 Å². The van der Waals surface area contributed by atoms with Gasteiger partial charge in [0.15, 0.2) is 0 Å². The van der Waals surface area contributed by atoms with E-state index in [0.717, 1.165) is 16.1 Å². The Morgan fingerprint density at radius 2 is 1.61 bits per heavy atom. The Morgan fingerprint density at radius 3 is 2.14 bits per heavy atom. The molecular formula is C20H26N2O5S. The second-order valence-electron chi connectivity index (χ2n) is 6.41. The minimum Gasteiger partial charge on any atom is -0.497 e. The molecule has 0 saturated carbocycles. The highest BCUT2D eigenvalue weighted by Crippen LogP contribution is 2.26. The van der Waals surface area contributed by atoms with E-state index in [1.54, 1.807) is 38.3 Å². The number of rotatable bonds is 8. The molecule has 0 radical (unpaired) electrons. The molecule has 7 nitrogen and oxygen atoms in total. The van der Waals surface area contributed by atoms with Crippen molar-refractivity contribution in [2.45, 2.75) is 25.9 Å². The van der Waals surface area contributed by atoms with Crippen molar-refractivity contribution in [3.63, 3.8) is 0 Å². The van der Waals surface area contributed by atoms with Gasteiger partial charge in [0.1, 0.15) is 17.5 Å². The molecule has 2 rings (SSSR count). The molecule has 0 aliphatic carbocycles. The van der Waals surface area contributed by atoms with Crippen LogP contribution in [0.15, 0.2) is 48.5 Å². The van der Waals surface area contributed by atoms with Crippen molar-refractivity contribution >= 4 is 21.6 Å². The molecule has 152 valence electrons. The van der Waals surface area contributed by atoms with Crippen molar-refractivity contribution in [3.8, 4) is 11.5 Å². The highest BCUT2D eigenvalue weighted by molar-refractivity contribution is 7.92. The monoisotopic (exact) mass is 406 g/mol. The van der Waals surface area contributed by atoms with E-state index in [1.807, 2.05) is 31.2 Å². The van der Waals surface area contributed by atoms with E-state index in [1.165, 1.54) is 7.11 Å². The summed E-state index contributed by atoms with van der Waals surface area (Å²) in [5.74, 6) is 0.830. The Balaban J connectivity index is 2.26. The summed E-state index contributed by atoms with van der Waals surface area (Å²) in [6.07, 6.45) is 1.07. The summed E-state index contributed by atoms with van der Waals surface area (Å²) in [4.78, 5) is 12.8. The standard InChI is InChI=1S/C20H26N2O5S/c1-14(18-8-6-7-9-19(18)27-4)21-20(23)15(2)22(28(5,24)25)16-10-12-17(26-3)13-11-16/h6-15H,1-5H3,(H,21,23)/t14-,15-/m0/s1. The number of carbonyl (C=O) groups excluding carboxylic acids is 1. The topological polar surface area (TPSA) is 84.9 Å². The lowest BCUT2D eigenvalue weighted by molar-refractivity contribution is -0.122. The molecule has 2 aromatic rings. The van der Waals surface area contributed by atoms with Crippen LogP contribution in [0.4, 0.5) is 5.69 Å². The summed E-state index contributed by atoms with van der Waals surface area (Å²) in [6.45, 7) is 3.37. The van der Waals surface area contributed by atoms with Gasteiger partial charge in [0.2, 0.25) is 15.9 Å². The van der Waals surface area contributed by atoms with Gasteiger partial charge in [-0.25, -0.2) is 8.42 Å². The number of benzene rings is 2. The van der Waals surface area contributed by atoms with E-state index < -0.39 is 22.0 Å². The minimum atomic E-state index is -3.69. The number of nitrogens with one attached hydrogen (secondary N) is 1. The molecule has 0 bridgehead atoms. The maximum absolute atomic E-state index is 12.8. The first-order chi connectivity index (χ1) is 13.2. The molecule has 0 unspecified atom stereocenters. The maximum Gasteiger partial charge on any atom is 0.244 e. The highest BCUT2D eigenvalue weighted by Gasteiger charge is 2.30. The highest BCUT2D eigenvalue weighted by atomic mass is 32.2. The maximum atomic E-state index is 12.8. The number of hydrogen-bond donors (Lipinski definition) is 1. The van der Waals surface area contributed by atoms with Gasteiger partial charge in [-0.3, -0.25) is 9.10 Å². The van der Waals surface area contributed by atoms with Crippen LogP contribution in [0.25, 0.3) is 0 Å². The molecule has 0 aliphatic heterocycles. The third-order valence-electron chi connectivity index (χ3n) is 4.38. The lowest BCUT2D eigenvalue weighted by Gasteiger charge is -2.29. The fourth-order valence-corrected chi connectivity index (χ4v) is 4.15. The Bertz CT molecular complexity index is 912. The molecule has 2 aromatic carbocycles. The number of anilines is 1. The molecular weight excluding hydrogens is 380 g/mol. The summed E-state index contributed by atoms with van der Waals surface area (Å²) in [5.41, 5.74) is 1.19. The van der Waals surface area contributed by atoms with Gasteiger partial charge in [-0.1, -0.05) is 18.2 Å². The van der Waals surface area contributed by atoms with Crippen molar-refractivity contribution in [2.75, 3.05) is 24.8 Å². The molecule has 0 aliphatic rings. The summed E-state index contributed by atoms with van der Waals surface area (Å²) in [5, 5.41) is 2.87. The lowest BCUT2D eigenvalue weighted by atomic mass is 10.1. The Morgan fingerprint density at radius 1 is 1.00 bits per heavy atom. The van der Waals surface area contributed by atoms with Crippen molar-refractivity contribution in [1.29, 1.82) is 0 Å². The summed E-state index contributed by atoms with van der Waals surface area (Å²) in [7, 11) is -0.601. The zero-order valence-electron chi connectivity index (χ0n) is 16.7. The summed E-state index contributed by atoms with van der Waals surface area (Å²) < 4.78 is 36.3. The van der Waals surface area contributed by atoms with Crippen LogP contribution in [-0.4, -0.2) is 40.8 Å². The third-order valence-corrected chi connectivity index (χ3v) is 5.62. The van der Waals surface area contributed by atoms with Crippen molar-refractivity contribution in [2.24, 2.45) is 0 Å². The molecule has 0 saturated heterocycles. The second kappa shape index (κ2) is 8.97. The predicted octanol–water partition coefficient (Wildman–Crippen LogP) is 2.74. The van der Waals surface area contributed by atoms with Gasteiger partial charge in [0, 0.05) is 5.56 Å². The average Bonchev–Trinajstić information content (AvgIpc) is 2.67. The lowest BCUT2D eigenvalue weighted by Crippen LogP contribution is -2.48. The smallest absolute Gasteiger partial charge is 0.244 e. The van der Waals surface area contributed by atoms with Gasteiger partial charge in [-0.15, -0.1) is 0 Å². The van der Waals surface area contributed by atoms with Crippen LogP contribution in [0.5, 0.6) is 11.5 Å². The number of para-hydroxylation sites is 1. The Kier molecular flexibility index (Phi) is 6.90. The number of amides is 1. The van der Waals surface area contributed by atoms with Crippen molar-refractivity contribution in [1.82, 2.24) is 5.32 Å². The fourth-order valence-electron chi connectivity index (χ4n) is 2.97. The molecule has 0 fully saturated rings. The average molecular weight is 407 g/mol. The van der Waals surface area contributed by atoms with E-state index in [0.29, 0.717) is 17.2 Å². The van der Waals surface area contributed by atoms with Gasteiger partial charge >= 0.3 is 0 Å². The first-order valence-corrected chi connectivity index (χ1v) is 10.6. The van der Waals surface area contributed by atoms with Crippen LogP contribution < -0.4 is 19.1 Å². The SMILES string of the molecule is COc1ccc(N([C@@H](C)C(=O)N[C@@H](C)c2ccccc2OC)S(C)(=O)=O)cc1. The number of carbonyl (C=O) groups is 1. The molecule has 8 heteroatoms. The Hall–Kier alpha value is -2.74. The minimum absolute atomic E-state index is 0.358. The second-order valence-corrected chi connectivity index (χ2v) is 8.26. The van der Waals surface area contributed by atoms with E-state index in [9.17, 15) is 13.2 Å². The number of sulfonamides is 1. The van der Waals surface area contributed by atoms with Crippen LogP contribution in [0, 0.1) is 0 Å². The van der Waals surface area contributed by atoms with E-state index in [2.05, 4.69) is 5.32 Å². The molecule has 28 heavy (non-hydrogen) atoms. The molecule has 2 atom stereocenters. The summed E-state index contributed by atoms with van der Waals surface area (Å²) in [6, 6.07) is 12.6. The van der Waals surface area contributed by atoms with Crippen molar-refractivity contribution in [3.05, 3.63) is 54.1 Å². The molecule has 0 spiro atoms. The molecule has 0 aromatic heterocycles. The molecule has 1 N–H and O–H groups in total. The largest absolute Gasteiger partial charge is 0.497 e. The van der Waals surface area contributed by atoms with Crippen LogP contribution in [0.2, 0.25) is 0 Å². The van der Waals surface area contributed by atoms with Crippen LogP contribution in [0.1, 0.15) is 25.5 Å². The number of methoxy groups -OCH3 is 2. The zero-order chi connectivity index (χ0) is 20.9. The van der Waals surface area contributed by atoms with Crippen molar-refractivity contribution < 1.29 is 22.7 Å². The van der Waals surface area contributed by atoms with Gasteiger partial charge in [0.05, 0.1) is 32.2 Å². The Labute approximate surface area is 166 Å². The van der Waals surface area contributed by atoms with Gasteiger partial charge in [-0.2, -0.15) is 0 Å². The molecule has 1 amide bonds. The number of ether oxygens (including phenoxy) is 2. The van der Waals surface area contributed by atoms with E-state index in [-0.39, 0.29) is 6.04 Å². The zero-order valence-corrected chi connectivity index (χ0v) is 17.5. The predicted molar refractivity (Wildman–Crippen MR) is 109 cm³/mol. The number of hydrogen-bond acceptors (Lipinski definition) is 5. The number of nitrogens with zero attached hydrogens (tertiary/aromatic N) is 1. The van der Waals surface area contributed by atoms with E-state index >= 15 is 0 Å². The first-order valence-electron chi connectivity index (χ1n) is 8.75. The van der Waals surface area contributed by atoms with Gasteiger partial charge < -0.3 is 14.8 Å². The molecule has 0 heterocycles. The van der Waals surface area contributed by atoms with Crippen LogP contribution in [0.3, 0.4) is 0 Å². The van der Waals surface area contributed by atoms with Crippen LogP contribution >= 0.6 is 0 Å². The summed E-state index contributed by atoms with van der Waals surface area (Å²) >= 11 is 0. The first kappa shape index (κ1) is 21.6. The van der Waals surface area contributed by atoms with Gasteiger partial charge in [0.25, 0.3) is 0 Å². The fraction of sp³-hybridized carbons (Fsp3) is 0.350. The van der Waals surface area contributed by atoms with Gasteiger partial charge in [-0.05, 0) is 44.2 Å².